The summed E-state index contributed by atoms with van der Waals surface area (Å²) in [4.78, 5) is 22.1. The number of benzene rings is 2. The topological polar surface area (TPSA) is 90.7 Å². The minimum Gasteiger partial charge on any atom is -0.489 e. The molecule has 0 saturated carbocycles. The molecule has 0 aliphatic carbocycles. The molecule has 1 aliphatic rings. The van der Waals surface area contributed by atoms with Crippen LogP contribution in [0.1, 0.15) is 22.3 Å². The van der Waals surface area contributed by atoms with Crippen molar-refractivity contribution in [3.63, 3.8) is 0 Å². The van der Waals surface area contributed by atoms with Crippen LogP contribution in [0.25, 0.3) is 0 Å². The van der Waals surface area contributed by atoms with E-state index >= 15 is 0 Å². The first-order valence-electron chi connectivity index (χ1n) is 7.76. The molecule has 1 amide bonds. The molecule has 0 saturated heterocycles. The molecule has 9 heteroatoms. The second-order valence-electron chi connectivity index (χ2n) is 5.56. The van der Waals surface area contributed by atoms with E-state index in [4.69, 9.17) is 21.1 Å². The lowest BCUT2D eigenvalue weighted by molar-refractivity contribution is -0.387. The van der Waals surface area contributed by atoms with E-state index in [1.54, 1.807) is 12.1 Å². The maximum absolute atomic E-state index is 13.4. The zero-order valence-electron chi connectivity index (χ0n) is 13.5. The van der Waals surface area contributed by atoms with Crippen molar-refractivity contribution >= 4 is 23.2 Å². The Kier molecular flexibility index (Phi) is 5.22. The van der Waals surface area contributed by atoms with Gasteiger partial charge in [-0.15, -0.1) is 0 Å². The van der Waals surface area contributed by atoms with Crippen LogP contribution >= 0.6 is 11.6 Å². The molecular weight excluding hydrogens is 367 g/mol. The van der Waals surface area contributed by atoms with E-state index in [-0.39, 0.29) is 12.1 Å². The van der Waals surface area contributed by atoms with E-state index in [1.165, 1.54) is 6.07 Å². The Hall–Kier alpha value is -2.87. The van der Waals surface area contributed by atoms with Crippen molar-refractivity contribution in [2.45, 2.75) is 13.0 Å². The first-order chi connectivity index (χ1) is 12.5. The Balaban J connectivity index is 1.74. The lowest BCUT2D eigenvalue weighted by atomic mass is 10.1. The molecule has 7 nitrogen and oxygen atoms in total. The Morgan fingerprint density at radius 3 is 2.81 bits per heavy atom. The van der Waals surface area contributed by atoms with Crippen LogP contribution < -0.4 is 14.8 Å². The molecule has 2 aromatic carbocycles. The van der Waals surface area contributed by atoms with Crippen LogP contribution in [0.3, 0.4) is 0 Å². The first kappa shape index (κ1) is 17.9. The number of halogens is 2. The molecule has 136 valence electrons. The van der Waals surface area contributed by atoms with Crippen LogP contribution in [0.2, 0.25) is 5.02 Å². The highest BCUT2D eigenvalue weighted by atomic mass is 35.5. The highest BCUT2D eigenvalue weighted by Crippen LogP contribution is 2.38. The molecule has 1 heterocycles. The van der Waals surface area contributed by atoms with Crippen LogP contribution in [0.4, 0.5) is 10.1 Å². The molecule has 2 aromatic rings. The van der Waals surface area contributed by atoms with E-state index in [0.717, 1.165) is 18.6 Å². The maximum atomic E-state index is 13.4. The van der Waals surface area contributed by atoms with Gasteiger partial charge in [0.2, 0.25) is 5.82 Å². The van der Waals surface area contributed by atoms with Crippen molar-refractivity contribution in [3.8, 4) is 11.5 Å². The fourth-order valence-electron chi connectivity index (χ4n) is 2.46. The highest BCUT2D eigenvalue weighted by molar-refractivity contribution is 6.32. The fourth-order valence-corrected chi connectivity index (χ4v) is 2.75. The van der Waals surface area contributed by atoms with Gasteiger partial charge in [-0.25, -0.2) is 0 Å². The lowest BCUT2D eigenvalue weighted by Gasteiger charge is -2.12. The third kappa shape index (κ3) is 3.85. The molecule has 3 rings (SSSR count). The number of nitrogens with one attached hydrogen (secondary N) is 1. The number of carbonyl (C=O) groups excluding carboxylic acids is 1. The highest BCUT2D eigenvalue weighted by Gasteiger charge is 2.19. The minimum absolute atomic E-state index is 0.0152. The zero-order chi connectivity index (χ0) is 18.7. The fraction of sp³-hybridized carbons (Fsp3) is 0.235. The van der Waals surface area contributed by atoms with Crippen LogP contribution in [-0.2, 0) is 6.54 Å². The SMILES string of the molecule is O=C(NCc1cc(Cl)c2c(c1)OCCCO2)c1ccc(F)c([N+](=O)[O-])c1. The number of ether oxygens (including phenoxy) is 2. The normalized spacial score (nSPS) is 13.0. The maximum Gasteiger partial charge on any atom is 0.305 e. The lowest BCUT2D eigenvalue weighted by Crippen LogP contribution is -2.23. The molecule has 0 bridgehead atoms. The van der Waals surface area contributed by atoms with E-state index in [0.29, 0.717) is 35.3 Å². The van der Waals surface area contributed by atoms with Crippen LogP contribution in [0.15, 0.2) is 30.3 Å². The van der Waals surface area contributed by atoms with Gasteiger partial charge >= 0.3 is 5.69 Å². The Bertz CT molecular complexity index is 874. The monoisotopic (exact) mass is 380 g/mol. The van der Waals surface area contributed by atoms with Gasteiger partial charge in [0.15, 0.2) is 11.5 Å². The van der Waals surface area contributed by atoms with E-state index < -0.39 is 22.3 Å². The smallest absolute Gasteiger partial charge is 0.305 e. The van der Waals surface area contributed by atoms with Gasteiger partial charge in [-0.3, -0.25) is 14.9 Å². The predicted octanol–water partition coefficient (Wildman–Crippen LogP) is 3.48. The van der Waals surface area contributed by atoms with Crippen LogP contribution in [-0.4, -0.2) is 24.0 Å². The summed E-state index contributed by atoms with van der Waals surface area (Å²) in [6.07, 6.45) is 0.737. The van der Waals surface area contributed by atoms with Crippen molar-refractivity contribution < 1.29 is 23.6 Å². The average Bonchev–Trinajstić information content (AvgIpc) is 2.85. The van der Waals surface area contributed by atoms with Gasteiger partial charge in [-0.2, -0.15) is 4.39 Å². The molecule has 0 radical (unpaired) electrons. The second kappa shape index (κ2) is 7.57. The second-order valence-corrected chi connectivity index (χ2v) is 5.97. The summed E-state index contributed by atoms with van der Waals surface area (Å²) in [6.45, 7) is 1.12. The molecule has 0 fully saturated rings. The number of nitrogens with zero attached hydrogens (tertiary/aromatic N) is 1. The van der Waals surface area contributed by atoms with Gasteiger partial charge in [0, 0.05) is 24.6 Å². The molecular formula is C17H14ClFN2O5. The summed E-state index contributed by atoms with van der Waals surface area (Å²) in [5.41, 5.74) is -0.0981. The predicted molar refractivity (Wildman–Crippen MR) is 91.3 cm³/mol. The van der Waals surface area contributed by atoms with Crippen molar-refractivity contribution in [2.24, 2.45) is 0 Å². The number of nitro benzene ring substituents is 1. The Labute approximate surface area is 152 Å². The Morgan fingerprint density at radius 1 is 1.27 bits per heavy atom. The molecule has 0 unspecified atom stereocenters. The quantitative estimate of drug-likeness (QED) is 0.647. The average molecular weight is 381 g/mol. The molecule has 1 N–H and O–H groups in total. The molecule has 1 aliphatic heterocycles. The number of nitro groups is 1. The summed E-state index contributed by atoms with van der Waals surface area (Å²) < 4.78 is 24.5. The van der Waals surface area contributed by atoms with Gasteiger partial charge in [-0.1, -0.05) is 11.6 Å². The number of amides is 1. The molecule has 0 aromatic heterocycles. The molecule has 0 spiro atoms. The number of hydrogen-bond acceptors (Lipinski definition) is 5. The first-order valence-corrected chi connectivity index (χ1v) is 8.13. The summed E-state index contributed by atoms with van der Waals surface area (Å²) >= 11 is 6.19. The van der Waals surface area contributed by atoms with Gasteiger partial charge in [0.05, 0.1) is 23.2 Å². The number of hydrogen-bond donors (Lipinski definition) is 1. The van der Waals surface area contributed by atoms with E-state index in [1.807, 2.05) is 0 Å². The van der Waals surface area contributed by atoms with E-state index in [9.17, 15) is 19.3 Å². The summed E-state index contributed by atoms with van der Waals surface area (Å²) in [6, 6.07) is 6.31. The van der Waals surface area contributed by atoms with Crippen LogP contribution in [0, 0.1) is 15.9 Å². The van der Waals surface area contributed by atoms with Crippen LogP contribution in [0.5, 0.6) is 11.5 Å². The third-order valence-electron chi connectivity index (χ3n) is 3.72. The third-order valence-corrected chi connectivity index (χ3v) is 4.00. The zero-order valence-corrected chi connectivity index (χ0v) is 14.2. The molecule has 0 atom stereocenters. The summed E-state index contributed by atoms with van der Waals surface area (Å²) in [5.74, 6) is -0.609. The van der Waals surface area contributed by atoms with Crippen molar-refractivity contribution in [1.82, 2.24) is 5.32 Å². The number of rotatable bonds is 4. The van der Waals surface area contributed by atoms with Gasteiger partial charge in [0.25, 0.3) is 5.91 Å². The largest absolute Gasteiger partial charge is 0.489 e. The minimum atomic E-state index is -0.999. The van der Waals surface area contributed by atoms with Gasteiger partial charge < -0.3 is 14.8 Å². The summed E-state index contributed by atoms with van der Waals surface area (Å²) in [5, 5.41) is 13.7. The summed E-state index contributed by atoms with van der Waals surface area (Å²) in [7, 11) is 0. The van der Waals surface area contributed by atoms with Crippen molar-refractivity contribution in [1.29, 1.82) is 0 Å². The van der Waals surface area contributed by atoms with Crippen molar-refractivity contribution in [3.05, 3.63) is 62.4 Å². The number of carbonyl (C=O) groups is 1. The number of fused-ring (bicyclic) bond motifs is 1. The van der Waals surface area contributed by atoms with E-state index in [2.05, 4.69) is 5.32 Å². The molecule has 26 heavy (non-hydrogen) atoms. The van der Waals surface area contributed by atoms with Gasteiger partial charge in [0.1, 0.15) is 0 Å². The van der Waals surface area contributed by atoms with Gasteiger partial charge in [-0.05, 0) is 29.8 Å². The standard InChI is InChI=1S/C17H14ClFN2O5/c18-12-6-10(7-15-16(12)26-5-1-4-25-15)9-20-17(22)11-2-3-13(19)14(8-11)21(23)24/h2-3,6-8H,1,4-5,9H2,(H,20,22). The Morgan fingerprint density at radius 2 is 2.04 bits per heavy atom. The van der Waals surface area contributed by atoms with Crippen molar-refractivity contribution in [2.75, 3.05) is 13.2 Å².